The monoisotopic (exact) mass is 598 g/mol. The molecule has 4 aromatic rings. The van der Waals surface area contributed by atoms with Crippen molar-refractivity contribution in [3.63, 3.8) is 0 Å². The molecule has 1 aliphatic rings. The van der Waals surface area contributed by atoms with Gasteiger partial charge in [0.1, 0.15) is 11.4 Å². The normalized spacial score (nSPS) is 14.7. The topological polar surface area (TPSA) is 144 Å². The molecule has 4 N–H and O–H groups in total. The van der Waals surface area contributed by atoms with E-state index in [0.717, 1.165) is 31.2 Å². The van der Waals surface area contributed by atoms with Crippen LogP contribution >= 0.6 is 0 Å². The van der Waals surface area contributed by atoms with E-state index in [0.29, 0.717) is 19.0 Å². The fraction of sp³-hybridized carbons (Fsp3) is 0.360. The summed E-state index contributed by atoms with van der Waals surface area (Å²) in [5.41, 5.74) is -0.312. The van der Waals surface area contributed by atoms with Crippen molar-refractivity contribution in [1.29, 1.82) is 0 Å². The zero-order valence-corrected chi connectivity index (χ0v) is 21.4. The number of aryl methyl sites for hydroxylation is 1. The minimum Gasteiger partial charge on any atom is -0.382 e. The number of nitrogens with one attached hydrogen (secondary N) is 2. The van der Waals surface area contributed by atoms with E-state index in [4.69, 9.17) is 5.73 Å². The van der Waals surface area contributed by atoms with Gasteiger partial charge < -0.3 is 11.1 Å². The molecule has 17 heteroatoms. The molecule has 1 aromatic carbocycles. The third kappa shape index (κ3) is 5.89. The van der Waals surface area contributed by atoms with Crippen LogP contribution in [-0.4, -0.2) is 35.8 Å². The number of hydrogen-bond donors (Lipinski definition) is 3. The highest BCUT2D eigenvalue weighted by Crippen LogP contribution is 2.38. The second-order valence-corrected chi connectivity index (χ2v) is 9.80. The molecule has 1 atom stereocenters. The van der Waals surface area contributed by atoms with Crippen molar-refractivity contribution in [1.82, 2.24) is 29.7 Å². The molecule has 0 spiro atoms. The zero-order chi connectivity index (χ0) is 30.4. The van der Waals surface area contributed by atoms with E-state index in [1.54, 1.807) is 5.10 Å². The molecule has 0 saturated heterocycles. The Morgan fingerprint density at radius 1 is 1.07 bits per heavy atom. The van der Waals surface area contributed by atoms with E-state index in [1.165, 1.54) is 10.9 Å². The Morgan fingerprint density at radius 3 is 2.45 bits per heavy atom. The minimum absolute atomic E-state index is 0.0481. The molecular formula is C25H21F7N8O2. The summed E-state index contributed by atoms with van der Waals surface area (Å²) in [5.74, 6) is -1.82. The number of benzene rings is 1. The quantitative estimate of drug-likeness (QED) is 0.254. The van der Waals surface area contributed by atoms with Gasteiger partial charge in [0.25, 0.3) is 11.1 Å². The smallest absolute Gasteiger partial charge is 0.382 e. The zero-order valence-electron chi connectivity index (χ0n) is 21.4. The Bertz CT molecular complexity index is 1760. The summed E-state index contributed by atoms with van der Waals surface area (Å²) in [6, 6.07) is 1.61. The van der Waals surface area contributed by atoms with E-state index in [1.807, 2.05) is 0 Å². The highest BCUT2D eigenvalue weighted by atomic mass is 19.4. The summed E-state index contributed by atoms with van der Waals surface area (Å²) < 4.78 is 95.3. The third-order valence-electron chi connectivity index (χ3n) is 6.84. The van der Waals surface area contributed by atoms with Crippen LogP contribution < -0.4 is 22.2 Å². The molecular weight excluding hydrogens is 577 g/mol. The molecule has 10 nitrogen and oxygen atoms in total. The maximum Gasteiger partial charge on any atom is 0.437 e. The van der Waals surface area contributed by atoms with Crippen LogP contribution in [-0.2, 0) is 18.9 Å². The lowest BCUT2D eigenvalue weighted by Crippen LogP contribution is -2.30. The summed E-state index contributed by atoms with van der Waals surface area (Å²) in [6.45, 7) is 0.108. The first-order valence-corrected chi connectivity index (χ1v) is 12.5. The first-order valence-electron chi connectivity index (χ1n) is 12.5. The first kappa shape index (κ1) is 28.9. The molecule has 42 heavy (non-hydrogen) atoms. The van der Waals surface area contributed by atoms with Crippen molar-refractivity contribution in [2.75, 3.05) is 11.1 Å². The number of aromatic amines is 1. The highest BCUT2D eigenvalue weighted by molar-refractivity contribution is 5.83. The van der Waals surface area contributed by atoms with E-state index in [-0.39, 0.29) is 34.6 Å². The van der Waals surface area contributed by atoms with Crippen molar-refractivity contribution in [3.05, 3.63) is 68.6 Å². The minimum atomic E-state index is -4.89. The van der Waals surface area contributed by atoms with Crippen molar-refractivity contribution in [2.24, 2.45) is 5.92 Å². The lowest BCUT2D eigenvalue weighted by Gasteiger charge is -2.21. The van der Waals surface area contributed by atoms with Crippen LogP contribution in [0.3, 0.4) is 0 Å². The number of nitrogens with zero attached hydrogens (tertiary/aromatic N) is 5. The Morgan fingerprint density at radius 2 is 1.81 bits per heavy atom. The second-order valence-electron chi connectivity index (χ2n) is 9.80. The van der Waals surface area contributed by atoms with Gasteiger partial charge in [0.15, 0.2) is 11.5 Å². The van der Waals surface area contributed by atoms with Crippen LogP contribution in [0.4, 0.5) is 42.2 Å². The second kappa shape index (κ2) is 10.7. The first-order chi connectivity index (χ1) is 19.7. The van der Waals surface area contributed by atoms with Gasteiger partial charge in [-0.05, 0) is 43.7 Å². The Kier molecular flexibility index (Phi) is 7.36. The molecule has 222 valence electrons. The number of alkyl halides is 6. The largest absolute Gasteiger partial charge is 0.437 e. The number of rotatable bonds is 8. The summed E-state index contributed by atoms with van der Waals surface area (Å²) in [7, 11) is 0. The van der Waals surface area contributed by atoms with Crippen LogP contribution in [0, 0.1) is 11.7 Å². The number of nitrogen functional groups attached to an aromatic ring is 1. The molecule has 1 saturated carbocycles. The van der Waals surface area contributed by atoms with Gasteiger partial charge >= 0.3 is 12.4 Å². The van der Waals surface area contributed by atoms with Crippen molar-refractivity contribution >= 4 is 22.4 Å². The molecule has 1 fully saturated rings. The van der Waals surface area contributed by atoms with E-state index >= 15 is 0 Å². The maximum absolute atomic E-state index is 15.0. The van der Waals surface area contributed by atoms with Crippen molar-refractivity contribution in [3.8, 4) is 11.3 Å². The molecule has 0 radical (unpaired) electrons. The number of H-pyrrole nitrogens is 1. The van der Waals surface area contributed by atoms with E-state index in [9.17, 15) is 40.3 Å². The predicted octanol–water partition coefficient (Wildman–Crippen LogP) is 4.37. The van der Waals surface area contributed by atoms with Gasteiger partial charge in [0.05, 0.1) is 41.0 Å². The van der Waals surface area contributed by atoms with Gasteiger partial charge in [-0.25, -0.2) is 24.4 Å². The Balaban J connectivity index is 1.33. The summed E-state index contributed by atoms with van der Waals surface area (Å²) >= 11 is 0. The van der Waals surface area contributed by atoms with Crippen molar-refractivity contribution < 1.29 is 30.7 Å². The van der Waals surface area contributed by atoms with Gasteiger partial charge in [-0.15, -0.1) is 0 Å². The number of hydrogen-bond acceptors (Lipinski definition) is 8. The van der Waals surface area contributed by atoms with Crippen LogP contribution in [0.2, 0.25) is 0 Å². The molecule has 0 amide bonds. The summed E-state index contributed by atoms with van der Waals surface area (Å²) in [5, 5.41) is 7.94. The molecule has 0 aliphatic heterocycles. The lowest BCUT2D eigenvalue weighted by molar-refractivity contribution is -0.140. The fourth-order valence-corrected chi connectivity index (χ4v) is 4.68. The fourth-order valence-electron chi connectivity index (χ4n) is 4.68. The van der Waals surface area contributed by atoms with E-state index < -0.39 is 58.1 Å². The van der Waals surface area contributed by atoms with Gasteiger partial charge in [-0.2, -0.15) is 31.4 Å². The van der Waals surface area contributed by atoms with Gasteiger partial charge in [0, 0.05) is 18.2 Å². The summed E-state index contributed by atoms with van der Waals surface area (Å²) in [6.07, 6.45) is -4.66. The Labute approximate surface area is 230 Å². The number of halogens is 7. The van der Waals surface area contributed by atoms with Crippen LogP contribution in [0.25, 0.3) is 22.2 Å². The average molecular weight is 598 g/mol. The molecule has 5 rings (SSSR count). The van der Waals surface area contributed by atoms with Crippen LogP contribution in [0.5, 0.6) is 0 Å². The molecule has 3 heterocycles. The molecule has 3 aromatic heterocycles. The number of fused-ring (bicyclic) bond motifs is 1. The Hall–Kier alpha value is -4.57. The molecule has 0 bridgehead atoms. The van der Waals surface area contributed by atoms with Crippen LogP contribution in [0.1, 0.15) is 36.9 Å². The lowest BCUT2D eigenvalue weighted by atomic mass is 10.1. The van der Waals surface area contributed by atoms with Gasteiger partial charge in [0.2, 0.25) is 0 Å². The van der Waals surface area contributed by atoms with Gasteiger partial charge in [-0.1, -0.05) is 0 Å². The number of anilines is 2. The van der Waals surface area contributed by atoms with Crippen LogP contribution in [0.15, 0.2) is 40.4 Å². The SMILES string of the molecule is Nc1nc(-c2cc3ncn(CCCC(Nc4cn[nH]c(=O)c4C(F)(F)F)C4CC4)c(=O)c3cc2F)cnc1C(F)(F)F. The third-order valence-corrected chi connectivity index (χ3v) is 6.84. The standard InChI is InChI=1S/C25H21F7N8O2/c26-14-6-13-16(7-12(14)17-8-34-20(21(33)38-17)25(30,31)32)35-10-40(23(13)42)5-1-2-15(11-3-4-11)37-18-9-36-39-22(41)19(18)24(27,28)29/h6-11,15H,1-5H2,(H2,33,38)(H2,37,39,41). The number of aromatic nitrogens is 6. The highest BCUT2D eigenvalue weighted by Gasteiger charge is 2.39. The predicted molar refractivity (Wildman–Crippen MR) is 136 cm³/mol. The van der Waals surface area contributed by atoms with Crippen molar-refractivity contribution in [2.45, 2.75) is 50.6 Å². The molecule has 1 unspecified atom stereocenters. The van der Waals surface area contributed by atoms with Gasteiger partial charge in [-0.3, -0.25) is 14.2 Å². The molecule has 1 aliphatic carbocycles. The van der Waals surface area contributed by atoms with E-state index in [2.05, 4.69) is 25.4 Å². The number of nitrogens with two attached hydrogens (primary N) is 1. The summed E-state index contributed by atoms with van der Waals surface area (Å²) in [4.78, 5) is 35.8. The maximum atomic E-state index is 15.0. The average Bonchev–Trinajstić information content (AvgIpc) is 3.73.